The number of rotatable bonds is 0. The lowest BCUT2D eigenvalue weighted by molar-refractivity contribution is 0.0934. The van der Waals surface area contributed by atoms with Crippen molar-refractivity contribution in [1.29, 1.82) is 0 Å². The molecule has 17 heteroatoms. The molecule has 0 bridgehead atoms. The molecule has 304 valence electrons. The fraction of sp³-hybridized carbons (Fsp3) is 0.421. The number of aromatic amines is 2. The Morgan fingerprint density at radius 3 is 1.60 bits per heavy atom. The van der Waals surface area contributed by atoms with Crippen LogP contribution in [0.5, 0.6) is 0 Å². The lowest BCUT2D eigenvalue weighted by Crippen LogP contribution is -2.42. The summed E-state index contributed by atoms with van der Waals surface area (Å²) in [6, 6.07) is 3.56. The molecule has 2 aliphatic heterocycles. The molecule has 0 fully saturated rings. The number of nitrogens with zero attached hydrogens (tertiary/aromatic N) is 12. The SMILES string of the molecule is C1=Nc2ncncc2C1.CC.CC.CC.CC.CC.CC.CC1NC(=O)c2[nH]cnc2N1.Cn1ccnc1.c1cncnc1.c1cncnc1.c1nc[nH]n1. The topological polar surface area (TPSA) is 219 Å². The molecule has 2 aliphatic rings. The van der Waals surface area contributed by atoms with E-state index >= 15 is 0 Å². The van der Waals surface area contributed by atoms with Gasteiger partial charge in [-0.25, -0.2) is 49.8 Å². The van der Waals surface area contributed by atoms with E-state index in [0.717, 1.165) is 17.8 Å². The molecule has 8 heterocycles. The highest BCUT2D eigenvalue weighted by Gasteiger charge is 2.22. The second-order valence-corrected chi connectivity index (χ2v) is 8.04. The van der Waals surface area contributed by atoms with Crippen LogP contribution in [0.2, 0.25) is 0 Å². The van der Waals surface area contributed by atoms with Crippen molar-refractivity contribution in [1.82, 2.24) is 69.9 Å². The first-order valence-electron chi connectivity index (χ1n) is 18.7. The number of anilines is 1. The predicted octanol–water partition coefficient (Wildman–Crippen LogP) is 7.98. The first kappa shape index (κ1) is 55.5. The largest absolute Gasteiger partial charge is 0.348 e. The Bertz CT molecular complexity index is 1450. The second kappa shape index (κ2) is 45.8. The summed E-state index contributed by atoms with van der Waals surface area (Å²) in [5.41, 5.74) is 1.63. The average molecular weight is 763 g/mol. The number of hydrogen-bond acceptors (Lipinski definition) is 13. The molecule has 17 nitrogen and oxygen atoms in total. The Labute approximate surface area is 328 Å². The molecule has 0 saturated heterocycles. The highest BCUT2D eigenvalue weighted by molar-refractivity contribution is 5.98. The van der Waals surface area contributed by atoms with Gasteiger partial charge in [-0.05, 0) is 19.1 Å². The lowest BCUT2D eigenvalue weighted by atomic mass is 10.3. The fourth-order valence-electron chi connectivity index (χ4n) is 2.93. The number of fused-ring (bicyclic) bond motifs is 2. The number of aromatic nitrogens is 13. The van der Waals surface area contributed by atoms with Crippen LogP contribution in [0, 0.1) is 0 Å². The van der Waals surface area contributed by atoms with Crippen LogP contribution in [0.1, 0.15) is 106 Å². The van der Waals surface area contributed by atoms with E-state index in [0.29, 0.717) is 11.5 Å². The minimum Gasteiger partial charge on any atom is -0.348 e. The molecule has 1 amide bonds. The number of aliphatic imine (C=N–C) groups is 1. The third-order valence-electron chi connectivity index (χ3n) is 4.78. The maximum Gasteiger partial charge on any atom is 0.273 e. The monoisotopic (exact) mass is 763 g/mol. The zero-order chi connectivity index (χ0) is 42.4. The number of imidazole rings is 2. The van der Waals surface area contributed by atoms with Crippen LogP contribution in [0.4, 0.5) is 11.6 Å². The molecule has 6 aromatic rings. The summed E-state index contributed by atoms with van der Waals surface area (Å²) < 4.78 is 1.89. The number of nitrogens with one attached hydrogen (secondary N) is 4. The van der Waals surface area contributed by atoms with Gasteiger partial charge in [0, 0.05) is 68.6 Å². The van der Waals surface area contributed by atoms with Gasteiger partial charge in [0.2, 0.25) is 0 Å². The Kier molecular flexibility index (Phi) is 46.2. The third-order valence-corrected chi connectivity index (χ3v) is 4.78. The second-order valence-electron chi connectivity index (χ2n) is 8.04. The van der Waals surface area contributed by atoms with Crippen molar-refractivity contribution < 1.29 is 4.79 Å². The summed E-state index contributed by atoms with van der Waals surface area (Å²) in [6.45, 7) is 25.9. The van der Waals surface area contributed by atoms with Gasteiger partial charge in [-0.2, -0.15) is 5.10 Å². The Hall–Kier alpha value is -6.26. The van der Waals surface area contributed by atoms with Crippen molar-refractivity contribution in [3.63, 3.8) is 0 Å². The van der Waals surface area contributed by atoms with Crippen molar-refractivity contribution in [2.45, 2.75) is 103 Å². The first-order valence-corrected chi connectivity index (χ1v) is 18.7. The normalized spacial score (nSPS) is 10.7. The van der Waals surface area contributed by atoms with Crippen LogP contribution < -0.4 is 10.6 Å². The predicted molar refractivity (Wildman–Crippen MR) is 225 cm³/mol. The molecule has 0 saturated carbocycles. The van der Waals surface area contributed by atoms with Gasteiger partial charge in [0.1, 0.15) is 37.3 Å². The highest BCUT2D eigenvalue weighted by Crippen LogP contribution is 2.17. The number of carbonyl (C=O) groups is 1. The standard InChI is InChI=1S/C6H8N4O.C6H5N3.C4H6N2.2C4H4N2.C2H3N3.6C2H6/c1-3-9-5-4(6(11)10-3)7-2-8-5;1-2-8-6-5(1)3-7-4-9-6;1-6-3-2-5-4-6;2*1-2-5-4-6-3-1;1-3-2-5-4-1;6*1-2/h2-3,9H,1H3,(H,7,8)(H,10,11);2-4H,1H2;2-4H,1H3;2*1-4H;1-2H,(H,3,4,5);6*1-2H3. The van der Waals surface area contributed by atoms with E-state index in [1.165, 1.54) is 38.0 Å². The molecule has 55 heavy (non-hydrogen) atoms. The van der Waals surface area contributed by atoms with Crippen molar-refractivity contribution >= 4 is 23.8 Å². The summed E-state index contributed by atoms with van der Waals surface area (Å²) in [5.74, 6) is 1.34. The Balaban J connectivity index is -0.000000273. The first-order chi connectivity index (χ1) is 27.1. The zero-order valence-corrected chi connectivity index (χ0v) is 35.4. The minimum absolute atomic E-state index is 0.0432. The van der Waals surface area contributed by atoms with E-state index in [1.54, 1.807) is 55.6 Å². The van der Waals surface area contributed by atoms with E-state index in [-0.39, 0.29) is 12.1 Å². The molecule has 0 aromatic carbocycles. The molecule has 0 spiro atoms. The molecule has 0 radical (unpaired) electrons. The Morgan fingerprint density at radius 1 is 0.655 bits per heavy atom. The van der Waals surface area contributed by atoms with E-state index in [9.17, 15) is 4.79 Å². The number of aryl methyl sites for hydroxylation is 1. The number of carbonyl (C=O) groups excluding carboxylic acids is 1. The van der Waals surface area contributed by atoms with Gasteiger partial charge in [-0.3, -0.25) is 9.89 Å². The highest BCUT2D eigenvalue weighted by atomic mass is 16.2. The van der Waals surface area contributed by atoms with Gasteiger partial charge in [0.05, 0.1) is 18.8 Å². The van der Waals surface area contributed by atoms with E-state index < -0.39 is 0 Å². The smallest absolute Gasteiger partial charge is 0.273 e. The summed E-state index contributed by atoms with van der Waals surface area (Å²) in [7, 11) is 1.94. The van der Waals surface area contributed by atoms with Gasteiger partial charge < -0.3 is 20.2 Å². The summed E-state index contributed by atoms with van der Waals surface area (Å²) in [6.07, 6.45) is 25.6. The van der Waals surface area contributed by atoms with Crippen LogP contribution >= 0.6 is 0 Å². The summed E-state index contributed by atoms with van der Waals surface area (Å²) in [4.78, 5) is 51.7. The number of amides is 1. The molecular formula is C38H66N16O. The third kappa shape index (κ3) is 31.0. The maximum atomic E-state index is 11.1. The number of H-pyrrole nitrogens is 2. The molecule has 1 unspecified atom stereocenters. The molecular weight excluding hydrogens is 697 g/mol. The van der Waals surface area contributed by atoms with Crippen molar-refractivity contribution in [3.05, 3.63) is 111 Å². The van der Waals surface area contributed by atoms with E-state index in [2.05, 4.69) is 75.7 Å². The van der Waals surface area contributed by atoms with Crippen molar-refractivity contribution in [2.24, 2.45) is 12.0 Å². The molecule has 0 aliphatic carbocycles. The fourth-order valence-corrected chi connectivity index (χ4v) is 2.93. The van der Waals surface area contributed by atoms with Crippen LogP contribution in [-0.4, -0.2) is 82.9 Å². The van der Waals surface area contributed by atoms with Gasteiger partial charge in [-0.1, -0.05) is 83.1 Å². The van der Waals surface area contributed by atoms with Gasteiger partial charge in [0.25, 0.3) is 5.91 Å². The van der Waals surface area contributed by atoms with Crippen LogP contribution in [0.15, 0.2) is 105 Å². The van der Waals surface area contributed by atoms with Crippen molar-refractivity contribution in [2.75, 3.05) is 5.32 Å². The van der Waals surface area contributed by atoms with Crippen LogP contribution in [-0.2, 0) is 13.5 Å². The average Bonchev–Trinajstić information content (AvgIpc) is 4.15. The summed E-state index contributed by atoms with van der Waals surface area (Å²) in [5, 5.41) is 11.7. The van der Waals surface area contributed by atoms with Gasteiger partial charge in [0.15, 0.2) is 11.6 Å². The molecule has 4 N–H and O–H groups in total. The van der Waals surface area contributed by atoms with Gasteiger partial charge >= 0.3 is 0 Å². The summed E-state index contributed by atoms with van der Waals surface area (Å²) >= 11 is 0. The molecule has 6 aromatic heterocycles. The molecule has 1 atom stereocenters. The van der Waals surface area contributed by atoms with E-state index in [1.807, 2.05) is 114 Å². The van der Waals surface area contributed by atoms with Gasteiger partial charge in [-0.15, -0.1) is 0 Å². The minimum atomic E-state index is -0.108. The zero-order valence-electron chi connectivity index (χ0n) is 35.4. The number of hydrogen-bond donors (Lipinski definition) is 4. The molecule has 8 rings (SSSR count). The van der Waals surface area contributed by atoms with Crippen molar-refractivity contribution in [3.8, 4) is 0 Å². The quantitative estimate of drug-likeness (QED) is 0.116. The van der Waals surface area contributed by atoms with Crippen LogP contribution in [0.25, 0.3) is 0 Å². The van der Waals surface area contributed by atoms with E-state index in [4.69, 9.17) is 0 Å². The Morgan fingerprint density at radius 2 is 1.24 bits per heavy atom. The van der Waals surface area contributed by atoms with Crippen LogP contribution in [0.3, 0.4) is 0 Å². The lowest BCUT2D eigenvalue weighted by Gasteiger charge is -2.20. The maximum absolute atomic E-state index is 11.1.